The molecule has 0 saturated heterocycles. The molecule has 1 aliphatic rings. The third kappa shape index (κ3) is 2.94. The minimum Gasteiger partial charge on any atom is -0.388 e. The monoisotopic (exact) mass is 440 g/mol. The Morgan fingerprint density at radius 3 is 2.39 bits per heavy atom. The quantitative estimate of drug-likeness (QED) is 0.535. The molecular formula is C16H17IN4OS. The Bertz CT molecular complexity index is 766. The van der Waals surface area contributed by atoms with Gasteiger partial charge in [0.2, 0.25) is 0 Å². The number of nitrogens with one attached hydrogen (secondary N) is 2. The van der Waals surface area contributed by atoms with Crippen LogP contribution in [0.25, 0.3) is 0 Å². The molecule has 0 fully saturated rings. The normalized spacial score (nSPS) is 12.3. The molecular weight excluding hydrogens is 423 g/mol. The average molecular weight is 440 g/mol. The van der Waals surface area contributed by atoms with Gasteiger partial charge in [-0.3, -0.25) is 8.43 Å². The van der Waals surface area contributed by atoms with Gasteiger partial charge in [-0.2, -0.15) is 0 Å². The number of nitrogens with zero attached hydrogens (tertiary/aromatic N) is 2. The first-order valence-electron chi connectivity index (χ1n) is 7.07. The molecule has 0 aromatic heterocycles. The van der Waals surface area contributed by atoms with Gasteiger partial charge in [0, 0.05) is 42.3 Å². The maximum Gasteiger partial charge on any atom is 0.335 e. The molecule has 0 aliphatic carbocycles. The van der Waals surface area contributed by atoms with Crippen LogP contribution < -0.4 is 18.6 Å². The number of urea groups is 1. The number of hydrogen-bond acceptors (Lipinski definition) is 4. The second-order valence-electron chi connectivity index (χ2n) is 5.32. The van der Waals surface area contributed by atoms with Crippen LogP contribution in [0, 0.1) is 0 Å². The summed E-state index contributed by atoms with van der Waals surface area (Å²) in [6, 6.07) is 12.0. The molecule has 1 heterocycles. The topological polar surface area (TPSA) is 47.6 Å². The zero-order chi connectivity index (χ0) is 16.6. The highest BCUT2D eigenvalue weighted by Gasteiger charge is 2.28. The molecule has 0 atom stereocenters. The minimum atomic E-state index is -0.150. The number of anilines is 4. The van der Waals surface area contributed by atoms with Crippen molar-refractivity contribution in [1.29, 1.82) is 0 Å². The van der Waals surface area contributed by atoms with E-state index >= 15 is 0 Å². The lowest BCUT2D eigenvalue weighted by Crippen LogP contribution is -2.33. The van der Waals surface area contributed by atoms with Gasteiger partial charge in [-0.05, 0) is 36.4 Å². The summed E-state index contributed by atoms with van der Waals surface area (Å²) in [6.45, 7) is 0. The van der Waals surface area contributed by atoms with E-state index in [0.717, 1.165) is 32.5 Å². The second-order valence-corrected chi connectivity index (χ2v) is 6.94. The molecule has 2 aromatic rings. The van der Waals surface area contributed by atoms with Gasteiger partial charge in [-0.25, -0.2) is 4.79 Å². The van der Waals surface area contributed by atoms with Gasteiger partial charge in [0.15, 0.2) is 0 Å². The summed E-state index contributed by atoms with van der Waals surface area (Å²) in [5.41, 5.74) is 3.94. The molecule has 0 saturated carbocycles. The van der Waals surface area contributed by atoms with Gasteiger partial charge in [-0.15, -0.1) is 0 Å². The van der Waals surface area contributed by atoms with Gasteiger partial charge >= 0.3 is 6.03 Å². The Balaban J connectivity index is 2.16. The summed E-state index contributed by atoms with van der Waals surface area (Å²) >= 11 is 3.56. The Morgan fingerprint density at radius 2 is 1.78 bits per heavy atom. The van der Waals surface area contributed by atoms with Crippen LogP contribution in [-0.2, 0) is 0 Å². The fraction of sp³-hybridized carbons (Fsp3) is 0.188. The number of hydrogen-bond donors (Lipinski definition) is 2. The molecule has 7 heteroatoms. The van der Waals surface area contributed by atoms with E-state index < -0.39 is 0 Å². The number of carbonyl (C=O) groups is 1. The Hall–Kier alpha value is -1.61. The van der Waals surface area contributed by atoms with Crippen LogP contribution in [0.1, 0.15) is 0 Å². The van der Waals surface area contributed by atoms with E-state index in [2.05, 4.69) is 25.9 Å². The highest BCUT2D eigenvalue weighted by atomic mass is 127. The van der Waals surface area contributed by atoms with Crippen molar-refractivity contribution in [3.8, 4) is 0 Å². The highest BCUT2D eigenvalue weighted by Crippen LogP contribution is 2.49. The lowest BCUT2D eigenvalue weighted by atomic mass is 10.2. The van der Waals surface area contributed by atoms with Crippen LogP contribution in [0.4, 0.5) is 27.5 Å². The van der Waals surface area contributed by atoms with Gasteiger partial charge in [-0.1, -0.05) is 11.8 Å². The van der Waals surface area contributed by atoms with Gasteiger partial charge < -0.3 is 10.2 Å². The molecule has 3 rings (SSSR count). The summed E-state index contributed by atoms with van der Waals surface area (Å²) in [5.74, 6) is 0. The predicted octanol–water partition coefficient (Wildman–Crippen LogP) is 4.46. The van der Waals surface area contributed by atoms with Crippen molar-refractivity contribution in [2.75, 3.05) is 36.3 Å². The lowest BCUT2D eigenvalue weighted by molar-refractivity contribution is 0.254. The van der Waals surface area contributed by atoms with E-state index in [1.807, 2.05) is 68.3 Å². The third-order valence-corrected chi connectivity index (χ3v) is 5.25. The number of halogens is 1. The predicted molar refractivity (Wildman–Crippen MR) is 106 cm³/mol. The smallest absolute Gasteiger partial charge is 0.335 e. The van der Waals surface area contributed by atoms with Gasteiger partial charge in [0.05, 0.1) is 34.2 Å². The summed E-state index contributed by atoms with van der Waals surface area (Å²) in [4.78, 5) is 18.3. The molecule has 2 N–H and O–H groups in total. The average Bonchev–Trinajstić information content (AvgIpc) is 2.57. The second kappa shape index (κ2) is 6.48. The molecule has 0 unspecified atom stereocenters. The van der Waals surface area contributed by atoms with Crippen molar-refractivity contribution in [2.45, 2.75) is 9.79 Å². The van der Waals surface area contributed by atoms with Gasteiger partial charge in [0.1, 0.15) is 0 Å². The molecule has 2 amide bonds. The minimum absolute atomic E-state index is 0.150. The first-order valence-corrected chi connectivity index (χ1v) is 8.96. The van der Waals surface area contributed by atoms with Crippen molar-refractivity contribution in [2.24, 2.45) is 0 Å². The number of amides is 2. The van der Waals surface area contributed by atoms with Crippen molar-refractivity contribution >= 4 is 63.4 Å². The highest BCUT2D eigenvalue weighted by molar-refractivity contribution is 14.1. The standard InChI is InChI=1S/C16H17IN4OS/c1-18-10-4-6-12-14(8-10)23-15-9-11(20(2)3)5-7-13(15)21(12)16(22)19-17/h4-9,18H,1-3H3,(H,19,22). The maximum atomic E-state index is 12.4. The largest absolute Gasteiger partial charge is 0.388 e. The number of rotatable bonds is 2. The number of benzene rings is 2. The molecule has 120 valence electrons. The fourth-order valence-electron chi connectivity index (χ4n) is 2.49. The zero-order valence-electron chi connectivity index (χ0n) is 13.1. The number of carbonyl (C=O) groups excluding carboxylic acids is 1. The first kappa shape index (κ1) is 16.3. The summed E-state index contributed by atoms with van der Waals surface area (Å²) in [6.07, 6.45) is 0. The summed E-state index contributed by atoms with van der Waals surface area (Å²) < 4.78 is 2.70. The van der Waals surface area contributed by atoms with Crippen LogP contribution in [0.5, 0.6) is 0 Å². The number of fused-ring (bicyclic) bond motifs is 2. The molecule has 5 nitrogen and oxygen atoms in total. The van der Waals surface area contributed by atoms with E-state index in [9.17, 15) is 4.79 Å². The maximum absolute atomic E-state index is 12.4. The van der Waals surface area contributed by atoms with E-state index in [1.54, 1.807) is 16.7 Å². The SMILES string of the molecule is CNc1ccc2c(c1)Sc1cc(N(C)C)ccc1N2C(=O)NI. The van der Waals surface area contributed by atoms with Gasteiger partial charge in [0.25, 0.3) is 0 Å². The van der Waals surface area contributed by atoms with Crippen molar-refractivity contribution in [3.05, 3.63) is 36.4 Å². The zero-order valence-corrected chi connectivity index (χ0v) is 16.0. The van der Waals surface area contributed by atoms with Crippen LogP contribution >= 0.6 is 34.6 Å². The van der Waals surface area contributed by atoms with E-state index in [0.29, 0.717) is 0 Å². The lowest BCUT2D eigenvalue weighted by Gasteiger charge is -2.31. The van der Waals surface area contributed by atoms with E-state index in [-0.39, 0.29) is 6.03 Å². The molecule has 0 radical (unpaired) electrons. The summed E-state index contributed by atoms with van der Waals surface area (Å²) in [5, 5.41) is 3.15. The van der Waals surface area contributed by atoms with Crippen molar-refractivity contribution in [1.82, 2.24) is 3.53 Å². The van der Waals surface area contributed by atoms with Crippen molar-refractivity contribution < 1.29 is 4.79 Å². The molecule has 23 heavy (non-hydrogen) atoms. The molecule has 0 spiro atoms. The third-order valence-electron chi connectivity index (χ3n) is 3.69. The van der Waals surface area contributed by atoms with E-state index in [4.69, 9.17) is 0 Å². The molecule has 1 aliphatic heterocycles. The Kier molecular flexibility index (Phi) is 4.58. The van der Waals surface area contributed by atoms with Crippen molar-refractivity contribution in [3.63, 3.8) is 0 Å². The van der Waals surface area contributed by atoms with Crippen LogP contribution in [0.2, 0.25) is 0 Å². The van der Waals surface area contributed by atoms with Crippen LogP contribution in [0.15, 0.2) is 46.2 Å². The summed E-state index contributed by atoms with van der Waals surface area (Å²) in [7, 11) is 5.91. The van der Waals surface area contributed by atoms with E-state index in [1.165, 1.54) is 0 Å². The van der Waals surface area contributed by atoms with Crippen LogP contribution in [-0.4, -0.2) is 27.2 Å². The van der Waals surface area contributed by atoms with Crippen LogP contribution in [0.3, 0.4) is 0 Å². The molecule has 0 bridgehead atoms. The first-order chi connectivity index (χ1) is 11.0. The Labute approximate surface area is 153 Å². The Morgan fingerprint density at radius 1 is 1.13 bits per heavy atom. The molecule has 2 aromatic carbocycles. The fourth-order valence-corrected chi connectivity index (χ4v) is 3.86.